The van der Waals surface area contributed by atoms with Gasteiger partial charge in [-0.1, -0.05) is 47.4 Å². The average molecular weight is 552 g/mol. The van der Waals surface area contributed by atoms with Crippen molar-refractivity contribution in [1.29, 1.82) is 0 Å². The molecule has 0 atom stereocenters. The first-order valence-corrected chi connectivity index (χ1v) is 13.9. The number of benzene rings is 3. The Kier molecular flexibility index (Phi) is 9.45. The summed E-state index contributed by atoms with van der Waals surface area (Å²) in [7, 11) is 4.13. The van der Waals surface area contributed by atoms with Gasteiger partial charge in [0.2, 0.25) is 0 Å². The van der Waals surface area contributed by atoms with Crippen LogP contribution in [0.1, 0.15) is 55.6 Å². The number of hydrogen-bond donors (Lipinski definition) is 0. The molecule has 5 rings (SSSR count). The van der Waals surface area contributed by atoms with E-state index in [9.17, 15) is 0 Å². The van der Waals surface area contributed by atoms with Gasteiger partial charge in [-0.2, -0.15) is 0 Å². The van der Waals surface area contributed by atoms with Crippen LogP contribution in [0.3, 0.4) is 0 Å². The monoisotopic (exact) mass is 551 g/mol. The van der Waals surface area contributed by atoms with Crippen molar-refractivity contribution in [3.63, 3.8) is 0 Å². The zero-order valence-electron chi connectivity index (χ0n) is 24.4. The molecule has 0 amide bonds. The normalized spacial score (nSPS) is 9.77. The molecule has 0 N–H and O–H groups in total. The minimum atomic E-state index is 0.805. The van der Waals surface area contributed by atoms with E-state index in [-0.39, 0.29) is 0 Å². The van der Waals surface area contributed by atoms with Crippen LogP contribution in [0.25, 0.3) is 0 Å². The van der Waals surface area contributed by atoms with Gasteiger partial charge in [-0.15, -0.1) is 0 Å². The van der Waals surface area contributed by atoms with Crippen molar-refractivity contribution in [2.24, 2.45) is 0 Å². The van der Waals surface area contributed by atoms with Gasteiger partial charge in [0, 0.05) is 75.8 Å². The molecule has 43 heavy (non-hydrogen) atoms. The summed E-state index contributed by atoms with van der Waals surface area (Å²) in [5.74, 6) is 26.2. The lowest BCUT2D eigenvalue weighted by Crippen LogP contribution is -2.11. The summed E-state index contributed by atoms with van der Waals surface area (Å²) in [6, 6.07) is 28.0. The van der Waals surface area contributed by atoms with E-state index in [2.05, 4.69) is 95.4 Å². The fourth-order valence-corrected chi connectivity index (χ4v) is 4.20. The lowest BCUT2D eigenvalue weighted by molar-refractivity contribution is 0.402. The maximum Gasteiger partial charge on any atom is 0.0293 e. The Bertz CT molecular complexity index is 1820. The van der Waals surface area contributed by atoms with Gasteiger partial charge in [0.25, 0.3) is 0 Å². The van der Waals surface area contributed by atoms with Gasteiger partial charge in [-0.25, -0.2) is 0 Å². The molecule has 3 aromatic carbocycles. The van der Waals surface area contributed by atoms with Crippen LogP contribution in [0.5, 0.6) is 0 Å². The van der Waals surface area contributed by atoms with E-state index >= 15 is 0 Å². The van der Waals surface area contributed by atoms with Gasteiger partial charge in [0.05, 0.1) is 0 Å². The second-order valence-electron chi connectivity index (χ2n) is 10.2. The van der Waals surface area contributed by atoms with Gasteiger partial charge in [0.15, 0.2) is 0 Å². The topological polar surface area (TPSA) is 29.0 Å². The molecule has 0 radical (unpaired) electrons. The number of aromatic nitrogens is 2. The molecule has 3 heteroatoms. The van der Waals surface area contributed by atoms with Gasteiger partial charge in [-0.3, -0.25) is 9.97 Å². The van der Waals surface area contributed by atoms with Crippen molar-refractivity contribution in [2.45, 2.75) is 13.5 Å². The zero-order valence-corrected chi connectivity index (χ0v) is 24.4. The summed E-state index contributed by atoms with van der Waals surface area (Å²) < 4.78 is 0. The zero-order chi connectivity index (χ0) is 29.9. The molecule has 2 heterocycles. The van der Waals surface area contributed by atoms with Gasteiger partial charge >= 0.3 is 0 Å². The largest absolute Gasteiger partial charge is 0.305 e. The number of hydrogen-bond acceptors (Lipinski definition) is 3. The first-order chi connectivity index (χ1) is 21.0. The Labute approximate surface area is 254 Å². The van der Waals surface area contributed by atoms with E-state index in [1.165, 1.54) is 5.56 Å². The third kappa shape index (κ3) is 8.57. The highest BCUT2D eigenvalue weighted by Crippen LogP contribution is 2.18. The van der Waals surface area contributed by atoms with Crippen LogP contribution in [0.15, 0.2) is 110 Å². The second kappa shape index (κ2) is 14.2. The molecule has 0 aliphatic carbocycles. The van der Waals surface area contributed by atoms with E-state index in [1.54, 1.807) is 24.8 Å². The molecule has 0 saturated carbocycles. The van der Waals surface area contributed by atoms with Gasteiger partial charge < -0.3 is 4.90 Å². The highest BCUT2D eigenvalue weighted by molar-refractivity contribution is 5.57. The van der Waals surface area contributed by atoms with Crippen molar-refractivity contribution in [2.75, 3.05) is 14.1 Å². The van der Waals surface area contributed by atoms with Crippen molar-refractivity contribution in [3.05, 3.63) is 165 Å². The lowest BCUT2D eigenvalue weighted by atomic mass is 9.98. The van der Waals surface area contributed by atoms with Crippen LogP contribution in [-0.4, -0.2) is 29.0 Å². The first kappa shape index (κ1) is 28.7. The van der Waals surface area contributed by atoms with Gasteiger partial charge in [-0.05, 0) is 117 Å². The summed E-state index contributed by atoms with van der Waals surface area (Å²) in [6.45, 7) is 2.89. The van der Waals surface area contributed by atoms with Crippen molar-refractivity contribution < 1.29 is 0 Å². The Hall–Kier alpha value is -5.84. The Balaban J connectivity index is 1.36. The Morgan fingerprint density at radius 2 is 0.767 bits per heavy atom. The molecule has 3 nitrogen and oxygen atoms in total. The van der Waals surface area contributed by atoms with Crippen LogP contribution in [0, 0.1) is 54.3 Å². The predicted molar refractivity (Wildman–Crippen MR) is 174 cm³/mol. The van der Waals surface area contributed by atoms with Crippen molar-refractivity contribution >= 4 is 0 Å². The third-order valence-corrected chi connectivity index (χ3v) is 6.48. The summed E-state index contributed by atoms with van der Waals surface area (Å²) in [5, 5.41) is 0. The molecule has 0 aliphatic rings. The number of pyridine rings is 2. The minimum absolute atomic E-state index is 0.805. The minimum Gasteiger partial charge on any atom is -0.305 e. The lowest BCUT2D eigenvalue weighted by Gasteiger charge is -2.12. The molecule has 2 aromatic heterocycles. The van der Waals surface area contributed by atoms with E-state index in [0.29, 0.717) is 0 Å². The fourth-order valence-electron chi connectivity index (χ4n) is 4.20. The Morgan fingerprint density at radius 3 is 1.09 bits per heavy atom. The van der Waals surface area contributed by atoms with Gasteiger partial charge in [0.1, 0.15) is 0 Å². The Morgan fingerprint density at radius 1 is 0.465 bits per heavy atom. The molecular weight excluding hydrogens is 522 g/mol. The maximum absolute atomic E-state index is 4.03. The molecule has 0 unspecified atom stereocenters. The van der Waals surface area contributed by atoms with E-state index in [1.807, 2.05) is 72.8 Å². The number of rotatable bonds is 2. The van der Waals surface area contributed by atoms with Crippen LogP contribution in [0.4, 0.5) is 0 Å². The molecule has 0 fully saturated rings. The second-order valence-corrected chi connectivity index (χ2v) is 10.2. The molecular formula is C40H29N3. The highest BCUT2D eigenvalue weighted by atomic mass is 15.0. The maximum atomic E-state index is 4.03. The fraction of sp³-hybridized carbons (Fsp3) is 0.100. The SMILES string of the molecule is Cc1c(C#Cc2ccc(C#Cc3ccncc3)cc2)cc(CN(C)C)cc1C#Cc1ccc(C#Cc2ccncc2)cc1. The van der Waals surface area contributed by atoms with Crippen LogP contribution in [0.2, 0.25) is 0 Å². The van der Waals surface area contributed by atoms with Crippen molar-refractivity contribution in [3.8, 4) is 47.4 Å². The predicted octanol–water partition coefficient (Wildman–Crippen LogP) is 6.45. The first-order valence-electron chi connectivity index (χ1n) is 13.9. The van der Waals surface area contributed by atoms with E-state index < -0.39 is 0 Å². The van der Waals surface area contributed by atoms with Crippen LogP contribution >= 0.6 is 0 Å². The van der Waals surface area contributed by atoms with E-state index in [0.717, 1.165) is 56.6 Å². The highest BCUT2D eigenvalue weighted by Gasteiger charge is 2.06. The quantitative estimate of drug-likeness (QED) is 0.236. The third-order valence-electron chi connectivity index (χ3n) is 6.48. The molecule has 0 bridgehead atoms. The summed E-state index contributed by atoms with van der Waals surface area (Å²) in [4.78, 5) is 10.2. The van der Waals surface area contributed by atoms with Crippen molar-refractivity contribution in [1.82, 2.24) is 14.9 Å². The standard InChI is InChI=1S/C40H29N3/c1-31-39(18-16-34-8-4-32(5-9-34)12-14-36-20-24-41-25-21-36)28-38(30-43(2)3)29-40(31)19-17-35-10-6-33(7-11-35)13-15-37-22-26-42-27-23-37/h4-11,20-29H,30H2,1-3H3. The summed E-state index contributed by atoms with van der Waals surface area (Å²) >= 11 is 0. The number of nitrogens with zero attached hydrogens (tertiary/aromatic N) is 3. The van der Waals surface area contributed by atoms with Crippen LogP contribution in [-0.2, 0) is 6.54 Å². The smallest absolute Gasteiger partial charge is 0.0293 e. The molecule has 204 valence electrons. The molecule has 0 aliphatic heterocycles. The summed E-state index contributed by atoms with van der Waals surface area (Å²) in [5.41, 5.74) is 9.84. The summed E-state index contributed by atoms with van der Waals surface area (Å²) in [6.07, 6.45) is 6.98. The molecule has 0 spiro atoms. The molecule has 0 saturated heterocycles. The average Bonchev–Trinajstić information content (AvgIpc) is 3.04. The van der Waals surface area contributed by atoms with E-state index in [4.69, 9.17) is 0 Å². The molecule has 5 aromatic rings. The van der Waals surface area contributed by atoms with Crippen LogP contribution < -0.4 is 0 Å².